The van der Waals surface area contributed by atoms with Gasteiger partial charge in [0.25, 0.3) is 0 Å². The molecule has 0 saturated heterocycles. The van der Waals surface area contributed by atoms with Gasteiger partial charge in [-0.3, -0.25) is 9.59 Å². The van der Waals surface area contributed by atoms with Crippen molar-refractivity contribution in [2.75, 3.05) is 0 Å². The van der Waals surface area contributed by atoms with Gasteiger partial charge in [-0.25, -0.2) is 0 Å². The molecule has 17 heavy (non-hydrogen) atoms. The van der Waals surface area contributed by atoms with E-state index < -0.39 is 5.91 Å². The van der Waals surface area contributed by atoms with Crippen LogP contribution in [0.15, 0.2) is 29.6 Å². The van der Waals surface area contributed by atoms with Gasteiger partial charge in [-0.2, -0.15) is 0 Å². The number of rotatable bonds is 4. The van der Waals surface area contributed by atoms with Gasteiger partial charge < -0.3 is 10.3 Å². The minimum atomic E-state index is -0.402. The molecule has 0 aliphatic rings. The Kier molecular flexibility index (Phi) is 3.10. The average molecular weight is 248 g/mol. The summed E-state index contributed by atoms with van der Waals surface area (Å²) in [6.07, 6.45) is 0.147. The Labute approximate surface area is 103 Å². The maximum absolute atomic E-state index is 12.1. The van der Waals surface area contributed by atoms with Crippen LogP contribution in [-0.2, 0) is 18.3 Å². The van der Waals surface area contributed by atoms with Crippen LogP contribution < -0.4 is 5.73 Å². The first-order valence-corrected chi connectivity index (χ1v) is 5.98. The Morgan fingerprint density at radius 1 is 1.35 bits per heavy atom. The maximum atomic E-state index is 12.1. The molecule has 5 heteroatoms. The summed E-state index contributed by atoms with van der Waals surface area (Å²) in [5.41, 5.74) is 6.46. The molecule has 0 aliphatic carbocycles. The zero-order valence-electron chi connectivity index (χ0n) is 9.34. The van der Waals surface area contributed by atoms with Crippen molar-refractivity contribution in [3.05, 3.63) is 45.9 Å². The van der Waals surface area contributed by atoms with E-state index in [2.05, 4.69) is 0 Å². The molecule has 2 heterocycles. The average Bonchev–Trinajstić information content (AvgIpc) is 2.88. The van der Waals surface area contributed by atoms with Crippen molar-refractivity contribution in [2.45, 2.75) is 6.42 Å². The molecule has 1 amide bonds. The Bertz CT molecular complexity index is 555. The SMILES string of the molecule is Cn1c(CC(N)=O)ccc1C(=O)c1cccs1. The Hall–Kier alpha value is -1.88. The molecule has 2 aromatic heterocycles. The van der Waals surface area contributed by atoms with Crippen molar-refractivity contribution < 1.29 is 9.59 Å². The molecular formula is C12H12N2O2S. The molecule has 0 fully saturated rings. The number of primary amides is 1. The summed E-state index contributed by atoms with van der Waals surface area (Å²) in [5.74, 6) is -0.431. The van der Waals surface area contributed by atoms with E-state index in [0.29, 0.717) is 10.6 Å². The lowest BCUT2D eigenvalue weighted by Crippen LogP contribution is -2.17. The second-order valence-corrected chi connectivity index (χ2v) is 4.67. The van der Waals surface area contributed by atoms with Gasteiger partial charge in [-0.15, -0.1) is 11.3 Å². The second kappa shape index (κ2) is 4.55. The zero-order valence-corrected chi connectivity index (χ0v) is 10.2. The largest absolute Gasteiger partial charge is 0.369 e. The van der Waals surface area contributed by atoms with Crippen LogP contribution >= 0.6 is 11.3 Å². The lowest BCUT2D eigenvalue weighted by atomic mass is 10.2. The summed E-state index contributed by atoms with van der Waals surface area (Å²) >= 11 is 1.40. The molecule has 0 aliphatic heterocycles. The van der Waals surface area contributed by atoms with Gasteiger partial charge in [-0.1, -0.05) is 6.07 Å². The number of nitrogens with zero attached hydrogens (tertiary/aromatic N) is 1. The van der Waals surface area contributed by atoms with Gasteiger partial charge in [0, 0.05) is 12.7 Å². The van der Waals surface area contributed by atoms with Gasteiger partial charge >= 0.3 is 0 Å². The fourth-order valence-electron chi connectivity index (χ4n) is 1.67. The van der Waals surface area contributed by atoms with E-state index in [0.717, 1.165) is 5.69 Å². The van der Waals surface area contributed by atoms with Gasteiger partial charge in [0.05, 0.1) is 17.0 Å². The van der Waals surface area contributed by atoms with E-state index in [1.807, 2.05) is 11.4 Å². The molecule has 2 aromatic rings. The number of ketones is 1. The molecular weight excluding hydrogens is 236 g/mol. The van der Waals surface area contributed by atoms with Crippen molar-refractivity contribution in [1.82, 2.24) is 4.57 Å². The highest BCUT2D eigenvalue weighted by Gasteiger charge is 2.15. The van der Waals surface area contributed by atoms with Crippen LogP contribution in [0, 0.1) is 0 Å². The van der Waals surface area contributed by atoms with Crippen molar-refractivity contribution in [2.24, 2.45) is 12.8 Å². The van der Waals surface area contributed by atoms with Crippen LogP contribution in [0.3, 0.4) is 0 Å². The third-order valence-electron chi connectivity index (χ3n) is 2.56. The summed E-state index contributed by atoms with van der Waals surface area (Å²) in [5, 5.41) is 1.86. The smallest absolute Gasteiger partial charge is 0.223 e. The number of carbonyl (C=O) groups is 2. The highest BCUT2D eigenvalue weighted by atomic mass is 32.1. The lowest BCUT2D eigenvalue weighted by molar-refractivity contribution is -0.117. The molecule has 0 radical (unpaired) electrons. The summed E-state index contributed by atoms with van der Waals surface area (Å²) in [6, 6.07) is 7.10. The van der Waals surface area contributed by atoms with Crippen LogP contribution in [0.2, 0.25) is 0 Å². The fourth-order valence-corrected chi connectivity index (χ4v) is 2.34. The minimum absolute atomic E-state index is 0.0294. The highest BCUT2D eigenvalue weighted by Crippen LogP contribution is 2.17. The Morgan fingerprint density at radius 2 is 2.12 bits per heavy atom. The molecule has 0 spiro atoms. The van der Waals surface area contributed by atoms with Crippen molar-refractivity contribution in [1.29, 1.82) is 0 Å². The van der Waals surface area contributed by atoms with E-state index >= 15 is 0 Å². The van der Waals surface area contributed by atoms with E-state index in [1.165, 1.54) is 11.3 Å². The molecule has 2 N–H and O–H groups in total. The minimum Gasteiger partial charge on any atom is -0.369 e. The van der Waals surface area contributed by atoms with Crippen LogP contribution in [0.4, 0.5) is 0 Å². The molecule has 2 rings (SSSR count). The topological polar surface area (TPSA) is 65.1 Å². The summed E-state index contributed by atoms with van der Waals surface area (Å²) in [7, 11) is 1.76. The third-order valence-corrected chi connectivity index (χ3v) is 3.43. The standard InChI is InChI=1S/C12H12N2O2S/c1-14-8(7-11(13)15)4-5-9(14)12(16)10-3-2-6-17-10/h2-6H,7H2,1H3,(H2,13,15). The molecule has 0 saturated carbocycles. The molecule has 0 aromatic carbocycles. The maximum Gasteiger partial charge on any atom is 0.223 e. The number of amides is 1. The van der Waals surface area contributed by atoms with Crippen LogP contribution in [0.5, 0.6) is 0 Å². The van der Waals surface area contributed by atoms with Gasteiger partial charge in [0.1, 0.15) is 0 Å². The van der Waals surface area contributed by atoms with Crippen molar-refractivity contribution in [3.63, 3.8) is 0 Å². The highest BCUT2D eigenvalue weighted by molar-refractivity contribution is 7.12. The van der Waals surface area contributed by atoms with E-state index in [-0.39, 0.29) is 12.2 Å². The fraction of sp³-hybridized carbons (Fsp3) is 0.167. The number of carbonyl (C=O) groups excluding carboxylic acids is 2. The van der Waals surface area contributed by atoms with Crippen molar-refractivity contribution >= 4 is 23.0 Å². The lowest BCUT2D eigenvalue weighted by Gasteiger charge is -2.04. The summed E-state index contributed by atoms with van der Waals surface area (Å²) in [6.45, 7) is 0. The number of thiophene rings is 1. The predicted octanol–water partition coefficient (Wildman–Crippen LogP) is 1.35. The van der Waals surface area contributed by atoms with Gasteiger partial charge in [0.2, 0.25) is 11.7 Å². The quantitative estimate of drug-likeness (QED) is 0.830. The van der Waals surface area contributed by atoms with Gasteiger partial charge in [0.15, 0.2) is 0 Å². The zero-order chi connectivity index (χ0) is 12.4. The third kappa shape index (κ3) is 2.29. The normalized spacial score (nSPS) is 10.4. The molecule has 4 nitrogen and oxygen atoms in total. The molecule has 0 bridgehead atoms. The molecule has 0 unspecified atom stereocenters. The number of aromatic nitrogens is 1. The van der Waals surface area contributed by atoms with Crippen LogP contribution in [0.1, 0.15) is 21.1 Å². The molecule has 0 atom stereocenters. The summed E-state index contributed by atoms with van der Waals surface area (Å²) < 4.78 is 1.72. The number of nitrogens with two attached hydrogens (primary N) is 1. The Morgan fingerprint density at radius 3 is 2.71 bits per heavy atom. The number of hydrogen-bond donors (Lipinski definition) is 1. The first-order chi connectivity index (χ1) is 8.09. The number of hydrogen-bond acceptors (Lipinski definition) is 3. The van der Waals surface area contributed by atoms with E-state index in [9.17, 15) is 9.59 Å². The van der Waals surface area contributed by atoms with Gasteiger partial charge in [-0.05, 0) is 23.6 Å². The molecule has 88 valence electrons. The van der Waals surface area contributed by atoms with E-state index in [1.54, 1.807) is 29.8 Å². The monoisotopic (exact) mass is 248 g/mol. The predicted molar refractivity (Wildman–Crippen MR) is 66.1 cm³/mol. The first kappa shape index (κ1) is 11.6. The van der Waals surface area contributed by atoms with E-state index in [4.69, 9.17) is 5.73 Å². The Balaban J connectivity index is 2.31. The second-order valence-electron chi connectivity index (χ2n) is 3.72. The van der Waals surface area contributed by atoms with Crippen molar-refractivity contribution in [3.8, 4) is 0 Å². The van der Waals surface area contributed by atoms with Crippen LogP contribution in [-0.4, -0.2) is 16.3 Å². The first-order valence-electron chi connectivity index (χ1n) is 5.10. The summed E-state index contributed by atoms with van der Waals surface area (Å²) in [4.78, 5) is 23.6. The van der Waals surface area contributed by atoms with Crippen LogP contribution in [0.25, 0.3) is 0 Å².